The van der Waals surface area contributed by atoms with E-state index in [1.54, 1.807) is 16.0 Å². The highest BCUT2D eigenvalue weighted by Crippen LogP contribution is 2.13. The molecule has 1 heterocycles. The van der Waals surface area contributed by atoms with Gasteiger partial charge in [-0.3, -0.25) is 4.79 Å². The summed E-state index contributed by atoms with van der Waals surface area (Å²) in [7, 11) is 1.58. The highest BCUT2D eigenvalue weighted by atomic mass is 127. The zero-order valence-electron chi connectivity index (χ0n) is 5.63. The molecule has 58 valence electrons. The van der Waals surface area contributed by atoms with Crippen LogP contribution in [0.25, 0.3) is 0 Å². The molecule has 1 rings (SSSR count). The van der Waals surface area contributed by atoms with E-state index in [4.69, 9.17) is 0 Å². The van der Waals surface area contributed by atoms with Crippen LogP contribution in [0.1, 0.15) is 6.92 Å². The third kappa shape index (κ3) is 2.00. The van der Waals surface area contributed by atoms with Gasteiger partial charge in [-0.2, -0.15) is 0 Å². The average Bonchev–Trinajstić information content (AvgIpc) is 1.76. The van der Waals surface area contributed by atoms with Gasteiger partial charge >= 0.3 is 0 Å². The van der Waals surface area contributed by atoms with E-state index in [0.717, 1.165) is 13.1 Å². The molecule has 0 spiro atoms. The van der Waals surface area contributed by atoms with Gasteiger partial charge in [0.2, 0.25) is 5.91 Å². The summed E-state index contributed by atoms with van der Waals surface area (Å²) in [5.41, 5.74) is 0. The van der Waals surface area contributed by atoms with Gasteiger partial charge in [0.15, 0.2) is 0 Å². The van der Waals surface area contributed by atoms with Crippen LogP contribution in [0.4, 0.5) is 0 Å². The second-order valence-electron chi connectivity index (χ2n) is 2.32. The largest absolute Gasteiger partial charge is 0.340 e. The Balaban J connectivity index is 2.12. The molecular formula is C5H9IN2OS. The fraction of sp³-hybridized carbons (Fsp3) is 0.800. The van der Waals surface area contributed by atoms with Gasteiger partial charge in [0, 0.05) is 41.2 Å². The molecule has 10 heavy (non-hydrogen) atoms. The molecule has 0 atom stereocenters. The van der Waals surface area contributed by atoms with Gasteiger partial charge in [0.05, 0.1) is 6.04 Å². The number of carbonyl (C=O) groups is 1. The molecule has 0 unspecified atom stereocenters. The number of nitrogens with zero attached hydrogens (tertiary/aromatic N) is 1. The van der Waals surface area contributed by atoms with Crippen molar-refractivity contribution in [2.75, 3.05) is 13.1 Å². The Hall–Kier alpha value is 0.510. The van der Waals surface area contributed by atoms with Crippen molar-refractivity contribution in [2.45, 2.75) is 13.0 Å². The highest BCUT2D eigenvalue weighted by molar-refractivity contribution is 14.2. The molecule has 5 heteroatoms. The molecule has 1 aliphatic rings. The van der Waals surface area contributed by atoms with Crippen LogP contribution < -0.4 is 4.72 Å². The Morgan fingerprint density at radius 1 is 1.80 bits per heavy atom. The van der Waals surface area contributed by atoms with Gasteiger partial charge < -0.3 is 4.90 Å². The minimum Gasteiger partial charge on any atom is -0.340 e. The number of carbonyl (C=O) groups excluding carboxylic acids is 1. The number of halogens is 1. The van der Waals surface area contributed by atoms with Gasteiger partial charge in [0.1, 0.15) is 0 Å². The van der Waals surface area contributed by atoms with Crippen molar-refractivity contribution in [3.05, 3.63) is 0 Å². The first-order valence-electron chi connectivity index (χ1n) is 3.02. The zero-order chi connectivity index (χ0) is 7.56. The smallest absolute Gasteiger partial charge is 0.219 e. The van der Waals surface area contributed by atoms with Gasteiger partial charge in [-0.15, -0.1) is 0 Å². The Kier molecular flexibility index (Phi) is 3.25. The number of rotatable bonds is 2. The number of likely N-dealkylation sites (tertiary alicyclic amines) is 1. The van der Waals surface area contributed by atoms with Crippen LogP contribution >= 0.6 is 30.3 Å². The average molecular weight is 272 g/mol. The van der Waals surface area contributed by atoms with E-state index in [1.807, 2.05) is 4.90 Å². The summed E-state index contributed by atoms with van der Waals surface area (Å²) < 4.78 is 3.18. The van der Waals surface area contributed by atoms with E-state index in [2.05, 4.69) is 25.9 Å². The first-order chi connectivity index (χ1) is 4.74. The minimum absolute atomic E-state index is 0.177. The van der Waals surface area contributed by atoms with E-state index in [-0.39, 0.29) is 5.91 Å². The summed E-state index contributed by atoms with van der Waals surface area (Å²) in [5.74, 6) is 0.177. The maximum atomic E-state index is 10.7. The lowest BCUT2D eigenvalue weighted by Gasteiger charge is -2.38. The quantitative estimate of drug-likeness (QED) is 0.596. The second kappa shape index (κ2) is 3.77. The van der Waals surface area contributed by atoms with Crippen LogP contribution in [0.15, 0.2) is 0 Å². The summed E-state index contributed by atoms with van der Waals surface area (Å²) in [6.07, 6.45) is 0. The third-order valence-corrected chi connectivity index (χ3v) is 2.72. The molecule has 3 nitrogen and oxygen atoms in total. The molecule has 0 aromatic rings. The van der Waals surface area contributed by atoms with Crippen LogP contribution in [0, 0.1) is 0 Å². The van der Waals surface area contributed by atoms with Crippen molar-refractivity contribution in [3.63, 3.8) is 0 Å². The Morgan fingerprint density at radius 2 is 2.40 bits per heavy atom. The fourth-order valence-electron chi connectivity index (χ4n) is 0.873. The van der Waals surface area contributed by atoms with Gasteiger partial charge in [-0.1, -0.05) is 0 Å². The lowest BCUT2D eigenvalue weighted by atomic mass is 10.1. The van der Waals surface area contributed by atoms with Crippen LogP contribution in [-0.4, -0.2) is 29.9 Å². The molecule has 0 aromatic heterocycles. The molecule has 0 saturated carbocycles. The van der Waals surface area contributed by atoms with Crippen LogP contribution in [0.5, 0.6) is 0 Å². The van der Waals surface area contributed by atoms with E-state index in [9.17, 15) is 4.79 Å². The molecule has 0 aliphatic carbocycles. The minimum atomic E-state index is 0.177. The van der Waals surface area contributed by atoms with Crippen molar-refractivity contribution in [1.29, 1.82) is 0 Å². The molecule has 1 saturated heterocycles. The van der Waals surface area contributed by atoms with Crippen molar-refractivity contribution < 1.29 is 4.79 Å². The van der Waals surface area contributed by atoms with Crippen LogP contribution in [0.2, 0.25) is 0 Å². The SMILES string of the molecule is CC(=O)N1CC(NSI)C1. The van der Waals surface area contributed by atoms with Gasteiger partial charge in [-0.25, -0.2) is 4.72 Å². The van der Waals surface area contributed by atoms with Gasteiger partial charge in [-0.05, 0) is 9.12 Å². The first-order valence-corrected chi connectivity index (χ1v) is 6.38. The lowest BCUT2D eigenvalue weighted by molar-refractivity contribution is -0.133. The van der Waals surface area contributed by atoms with E-state index < -0.39 is 0 Å². The molecule has 0 radical (unpaired) electrons. The predicted molar refractivity (Wildman–Crippen MR) is 50.8 cm³/mol. The van der Waals surface area contributed by atoms with E-state index in [0.29, 0.717) is 6.04 Å². The summed E-state index contributed by atoms with van der Waals surface area (Å²) in [5, 5.41) is 0. The molecule has 1 fully saturated rings. The van der Waals surface area contributed by atoms with Crippen LogP contribution in [0.3, 0.4) is 0 Å². The summed E-state index contributed by atoms with van der Waals surface area (Å²) in [6, 6.07) is 0.505. The van der Waals surface area contributed by atoms with E-state index in [1.165, 1.54) is 0 Å². The fourth-order valence-corrected chi connectivity index (χ4v) is 2.23. The van der Waals surface area contributed by atoms with E-state index >= 15 is 0 Å². The number of hydrogen-bond acceptors (Lipinski definition) is 3. The first kappa shape index (κ1) is 8.61. The number of amides is 1. The summed E-state index contributed by atoms with van der Waals surface area (Å²) in [4.78, 5) is 12.5. The van der Waals surface area contributed by atoms with Crippen molar-refractivity contribution in [2.24, 2.45) is 0 Å². The van der Waals surface area contributed by atoms with Crippen molar-refractivity contribution >= 4 is 36.2 Å². The summed E-state index contributed by atoms with van der Waals surface area (Å²) in [6.45, 7) is 3.34. The Labute approximate surface area is 76.6 Å². The molecular weight excluding hydrogens is 263 g/mol. The second-order valence-corrected chi connectivity index (χ2v) is 4.03. The van der Waals surface area contributed by atoms with Crippen molar-refractivity contribution in [3.8, 4) is 0 Å². The predicted octanol–water partition coefficient (Wildman–Crippen LogP) is 0.805. The standard InChI is InChI=1S/C5H9IN2OS/c1-4(9)8-2-5(3-8)7-10-6/h5,7H,2-3H2,1H3. The molecule has 0 aromatic carbocycles. The lowest BCUT2D eigenvalue weighted by Crippen LogP contribution is -2.57. The molecule has 1 N–H and O–H groups in total. The molecule has 1 amide bonds. The van der Waals surface area contributed by atoms with Crippen LogP contribution in [-0.2, 0) is 4.79 Å². The Bertz CT molecular complexity index is 138. The number of nitrogens with one attached hydrogen (secondary N) is 1. The zero-order valence-corrected chi connectivity index (χ0v) is 8.61. The maximum absolute atomic E-state index is 10.7. The summed E-state index contributed by atoms with van der Waals surface area (Å²) >= 11 is 2.19. The number of hydrogen-bond donors (Lipinski definition) is 1. The third-order valence-electron chi connectivity index (χ3n) is 1.54. The highest BCUT2D eigenvalue weighted by Gasteiger charge is 2.27. The monoisotopic (exact) mass is 272 g/mol. The molecule has 0 bridgehead atoms. The Morgan fingerprint density at radius 3 is 2.80 bits per heavy atom. The maximum Gasteiger partial charge on any atom is 0.219 e. The van der Waals surface area contributed by atoms with Crippen molar-refractivity contribution in [1.82, 2.24) is 9.62 Å². The topological polar surface area (TPSA) is 32.3 Å². The normalized spacial score (nSPS) is 18.8. The molecule has 1 aliphatic heterocycles. The van der Waals surface area contributed by atoms with Gasteiger partial charge in [0.25, 0.3) is 0 Å².